The van der Waals surface area contributed by atoms with E-state index < -0.39 is 5.60 Å². The normalized spacial score (nSPS) is 22.4. The van der Waals surface area contributed by atoms with Crippen LogP contribution in [0.3, 0.4) is 0 Å². The summed E-state index contributed by atoms with van der Waals surface area (Å²) in [5.41, 5.74) is 5.29. The summed E-state index contributed by atoms with van der Waals surface area (Å²) in [6.07, 6.45) is 2.73. The molecule has 0 bridgehead atoms. The highest BCUT2D eigenvalue weighted by molar-refractivity contribution is 5.85. The van der Waals surface area contributed by atoms with E-state index in [9.17, 15) is 4.79 Å². The van der Waals surface area contributed by atoms with E-state index in [1.165, 1.54) is 0 Å². The van der Waals surface area contributed by atoms with Crippen molar-refractivity contribution in [2.45, 2.75) is 51.2 Å². The zero-order valence-corrected chi connectivity index (χ0v) is 10.9. The van der Waals surface area contributed by atoms with Gasteiger partial charge in [-0.1, -0.05) is 20.3 Å². The largest absolute Gasteiger partial charge is 0.369 e. The topological polar surface area (TPSA) is 55.6 Å². The lowest BCUT2D eigenvalue weighted by atomic mass is 9.84. The van der Waals surface area contributed by atoms with Gasteiger partial charge in [-0.25, -0.2) is 0 Å². The van der Waals surface area contributed by atoms with Gasteiger partial charge in [0.1, 0.15) is 5.60 Å². The van der Waals surface area contributed by atoms with Gasteiger partial charge in [-0.15, -0.1) is 0 Å². The Morgan fingerprint density at radius 1 is 1.50 bits per heavy atom. The molecular weight excluding hydrogens is 204 g/mol. The molecule has 1 fully saturated rings. The molecule has 1 atom stereocenters. The molecule has 0 aromatic carbocycles. The molecule has 4 nitrogen and oxygen atoms in total. The minimum absolute atomic E-state index is 0.0645. The fourth-order valence-electron chi connectivity index (χ4n) is 2.23. The summed E-state index contributed by atoms with van der Waals surface area (Å²) in [7, 11) is 1.59. The van der Waals surface area contributed by atoms with Gasteiger partial charge in [0.05, 0.1) is 5.54 Å². The molecule has 16 heavy (non-hydrogen) atoms. The maximum Gasteiger partial charge on any atom is 0.254 e. The number of nitrogens with zero attached hydrogens (tertiary/aromatic N) is 1. The Kier molecular flexibility index (Phi) is 3.97. The van der Waals surface area contributed by atoms with Crippen LogP contribution in [0.1, 0.15) is 40.0 Å². The predicted octanol–water partition coefficient (Wildman–Crippen LogP) is 1.14. The summed E-state index contributed by atoms with van der Waals surface area (Å²) >= 11 is 0. The second kappa shape index (κ2) is 4.72. The number of nitrogens with two attached hydrogens (primary N) is 1. The summed E-state index contributed by atoms with van der Waals surface area (Å²) in [5.74, 6) is 0.0645. The molecule has 1 aliphatic rings. The number of hydrogen-bond acceptors (Lipinski definition) is 3. The monoisotopic (exact) mass is 228 g/mol. The van der Waals surface area contributed by atoms with Crippen molar-refractivity contribution < 1.29 is 9.53 Å². The summed E-state index contributed by atoms with van der Waals surface area (Å²) in [5, 5.41) is 0. The second-order valence-corrected chi connectivity index (χ2v) is 5.06. The van der Waals surface area contributed by atoms with Gasteiger partial charge in [0.25, 0.3) is 5.91 Å². The van der Waals surface area contributed by atoms with Crippen molar-refractivity contribution in [1.82, 2.24) is 4.90 Å². The van der Waals surface area contributed by atoms with Gasteiger partial charge in [-0.05, 0) is 19.8 Å². The Hall–Kier alpha value is -0.610. The van der Waals surface area contributed by atoms with Gasteiger partial charge in [-0.3, -0.25) is 4.79 Å². The Morgan fingerprint density at radius 2 is 2.06 bits per heavy atom. The van der Waals surface area contributed by atoms with Gasteiger partial charge in [0.2, 0.25) is 0 Å². The van der Waals surface area contributed by atoms with Crippen LogP contribution in [0, 0.1) is 0 Å². The van der Waals surface area contributed by atoms with E-state index in [4.69, 9.17) is 10.5 Å². The molecule has 0 aromatic heterocycles. The molecule has 1 saturated heterocycles. The van der Waals surface area contributed by atoms with Crippen molar-refractivity contribution in [2.24, 2.45) is 5.73 Å². The van der Waals surface area contributed by atoms with Crippen molar-refractivity contribution in [1.29, 1.82) is 0 Å². The predicted molar refractivity (Wildman–Crippen MR) is 64.1 cm³/mol. The van der Waals surface area contributed by atoms with Crippen molar-refractivity contribution in [3.63, 3.8) is 0 Å². The number of carbonyl (C=O) groups is 1. The van der Waals surface area contributed by atoms with Crippen molar-refractivity contribution >= 4 is 5.91 Å². The molecule has 1 rings (SSSR count). The van der Waals surface area contributed by atoms with Crippen LogP contribution in [0.2, 0.25) is 0 Å². The van der Waals surface area contributed by atoms with E-state index in [1.54, 1.807) is 7.11 Å². The standard InChI is InChI=1S/C12H24N2O2/c1-5-7-12(13)8-14(9-12)10(15)11(3,6-2)16-4/h5-9,13H2,1-4H3. The zero-order chi connectivity index (χ0) is 12.4. The average Bonchev–Trinajstić information content (AvgIpc) is 2.24. The first-order valence-corrected chi connectivity index (χ1v) is 6.04. The van der Waals surface area contributed by atoms with Crippen LogP contribution in [0.4, 0.5) is 0 Å². The number of ether oxygens (including phenoxy) is 1. The van der Waals surface area contributed by atoms with E-state index in [2.05, 4.69) is 6.92 Å². The van der Waals surface area contributed by atoms with Gasteiger partial charge < -0.3 is 15.4 Å². The third kappa shape index (κ3) is 2.38. The van der Waals surface area contributed by atoms with Crippen LogP contribution in [0.25, 0.3) is 0 Å². The Morgan fingerprint density at radius 3 is 2.44 bits per heavy atom. The molecule has 0 radical (unpaired) electrons. The van der Waals surface area contributed by atoms with Crippen molar-refractivity contribution in [3.05, 3.63) is 0 Å². The van der Waals surface area contributed by atoms with Crippen LogP contribution in [0.15, 0.2) is 0 Å². The highest BCUT2D eigenvalue weighted by Crippen LogP contribution is 2.28. The number of carbonyl (C=O) groups excluding carboxylic acids is 1. The molecule has 1 amide bonds. The van der Waals surface area contributed by atoms with E-state index in [0.717, 1.165) is 12.8 Å². The maximum atomic E-state index is 12.1. The van der Waals surface area contributed by atoms with Gasteiger partial charge in [0.15, 0.2) is 0 Å². The Bertz CT molecular complexity index is 256. The van der Waals surface area contributed by atoms with Gasteiger partial charge in [0, 0.05) is 20.2 Å². The molecule has 2 N–H and O–H groups in total. The summed E-state index contributed by atoms with van der Waals surface area (Å²) in [4.78, 5) is 14.0. The molecule has 1 heterocycles. The van der Waals surface area contributed by atoms with Crippen LogP contribution in [-0.4, -0.2) is 42.1 Å². The quantitative estimate of drug-likeness (QED) is 0.767. The molecule has 0 aromatic rings. The molecule has 0 aliphatic carbocycles. The first kappa shape index (κ1) is 13.5. The molecule has 1 aliphatic heterocycles. The molecule has 94 valence electrons. The Labute approximate surface area is 98.1 Å². The molecule has 0 spiro atoms. The summed E-state index contributed by atoms with van der Waals surface area (Å²) < 4.78 is 5.30. The first-order valence-electron chi connectivity index (χ1n) is 6.04. The third-order valence-electron chi connectivity index (χ3n) is 3.62. The smallest absolute Gasteiger partial charge is 0.254 e. The van der Waals surface area contributed by atoms with E-state index in [0.29, 0.717) is 19.5 Å². The Balaban J connectivity index is 2.54. The number of likely N-dealkylation sites (tertiary alicyclic amines) is 1. The minimum Gasteiger partial charge on any atom is -0.369 e. The van der Waals surface area contributed by atoms with Crippen LogP contribution in [-0.2, 0) is 9.53 Å². The van der Waals surface area contributed by atoms with E-state index in [1.807, 2.05) is 18.7 Å². The number of methoxy groups -OCH3 is 1. The first-order chi connectivity index (χ1) is 7.40. The van der Waals surface area contributed by atoms with Crippen LogP contribution < -0.4 is 5.73 Å². The minimum atomic E-state index is -0.687. The molecular formula is C12H24N2O2. The van der Waals surface area contributed by atoms with Crippen LogP contribution >= 0.6 is 0 Å². The number of amides is 1. The van der Waals surface area contributed by atoms with E-state index in [-0.39, 0.29) is 11.4 Å². The zero-order valence-electron chi connectivity index (χ0n) is 10.9. The fraction of sp³-hybridized carbons (Fsp3) is 0.917. The van der Waals surface area contributed by atoms with Gasteiger partial charge >= 0.3 is 0 Å². The second-order valence-electron chi connectivity index (χ2n) is 5.06. The summed E-state index contributed by atoms with van der Waals surface area (Å²) in [6.45, 7) is 7.25. The highest BCUT2D eigenvalue weighted by atomic mass is 16.5. The van der Waals surface area contributed by atoms with Crippen LogP contribution in [0.5, 0.6) is 0 Å². The lowest BCUT2D eigenvalue weighted by molar-refractivity contribution is -0.161. The number of rotatable bonds is 5. The van der Waals surface area contributed by atoms with Crippen molar-refractivity contribution in [3.8, 4) is 0 Å². The fourth-order valence-corrected chi connectivity index (χ4v) is 2.23. The maximum absolute atomic E-state index is 12.1. The molecule has 0 saturated carbocycles. The average molecular weight is 228 g/mol. The summed E-state index contributed by atoms with van der Waals surface area (Å²) in [6, 6.07) is 0. The molecule has 4 heteroatoms. The van der Waals surface area contributed by atoms with Gasteiger partial charge in [-0.2, -0.15) is 0 Å². The number of hydrogen-bond donors (Lipinski definition) is 1. The van der Waals surface area contributed by atoms with Crippen molar-refractivity contribution in [2.75, 3.05) is 20.2 Å². The lowest BCUT2D eigenvalue weighted by Crippen LogP contribution is -2.71. The SMILES string of the molecule is CCCC1(N)CN(C(=O)C(C)(CC)OC)C1. The molecule has 1 unspecified atom stereocenters. The third-order valence-corrected chi connectivity index (χ3v) is 3.62. The lowest BCUT2D eigenvalue weighted by Gasteiger charge is -2.50. The highest BCUT2D eigenvalue weighted by Gasteiger charge is 2.46. The van der Waals surface area contributed by atoms with E-state index >= 15 is 0 Å².